The van der Waals surface area contributed by atoms with Crippen molar-refractivity contribution in [1.29, 1.82) is 5.26 Å². The van der Waals surface area contributed by atoms with Crippen molar-refractivity contribution >= 4 is 28.3 Å². The van der Waals surface area contributed by atoms with E-state index in [2.05, 4.69) is 15.8 Å². The van der Waals surface area contributed by atoms with E-state index in [1.165, 1.54) is 18.2 Å². The number of nitriles is 1. The van der Waals surface area contributed by atoms with Crippen molar-refractivity contribution in [3.8, 4) is 22.9 Å². The molecule has 1 N–H and O–H groups in total. The summed E-state index contributed by atoms with van der Waals surface area (Å²) < 4.78 is 65.4. The van der Waals surface area contributed by atoms with Gasteiger partial charge in [0, 0.05) is 47.7 Å². The minimum absolute atomic E-state index is 0.0592. The number of benzene rings is 2. The zero-order valence-electron chi connectivity index (χ0n) is 26.5. The molecule has 244 valence electrons. The summed E-state index contributed by atoms with van der Waals surface area (Å²) in [7, 11) is 1.68. The topological polar surface area (TPSA) is 119 Å². The largest absolute Gasteiger partial charge is 0.598 e. The van der Waals surface area contributed by atoms with Gasteiger partial charge in [-0.3, -0.25) is 9.78 Å². The Morgan fingerprint density at radius 3 is 2.57 bits per heavy atom. The summed E-state index contributed by atoms with van der Waals surface area (Å²) in [6, 6.07) is 12.8. The van der Waals surface area contributed by atoms with Crippen LogP contribution < -0.4 is 9.46 Å². The molecule has 1 unspecified atom stereocenters. The third-order valence-corrected chi connectivity index (χ3v) is 11.2. The maximum absolute atomic E-state index is 16.0. The number of amides is 1. The van der Waals surface area contributed by atoms with Gasteiger partial charge in [-0.1, -0.05) is 12.1 Å². The Labute approximate surface area is 273 Å². The SMILES string of the molecule is CN1C(=O)c2cccc(OC(F)F)c2C2C[C@H]1c1nc3ccc(-c4cnc([C@]5(N[S@@+]([O-])C(C)(C)C)C[C@@](C)(C#N)C5)c(F)c4)cc3n12. The Balaban J connectivity index is 1.30. The zero-order chi connectivity index (χ0) is 33.6. The van der Waals surface area contributed by atoms with E-state index in [1.807, 2.05) is 31.4 Å². The summed E-state index contributed by atoms with van der Waals surface area (Å²) in [6.07, 6.45) is 2.51. The Morgan fingerprint density at radius 1 is 1.17 bits per heavy atom. The summed E-state index contributed by atoms with van der Waals surface area (Å²) in [6.45, 7) is 4.18. The van der Waals surface area contributed by atoms with Crippen molar-refractivity contribution in [1.82, 2.24) is 24.2 Å². The quantitative estimate of drug-likeness (QED) is 0.233. The van der Waals surface area contributed by atoms with Crippen LogP contribution in [0.3, 0.4) is 0 Å². The lowest BCUT2D eigenvalue weighted by molar-refractivity contribution is -0.0507. The monoisotopic (exact) mass is 662 g/mol. The summed E-state index contributed by atoms with van der Waals surface area (Å²) in [5.41, 5.74) is 1.48. The number of aromatic nitrogens is 3. The first-order chi connectivity index (χ1) is 22.1. The van der Waals surface area contributed by atoms with Gasteiger partial charge in [-0.15, -0.1) is 4.72 Å². The molecule has 4 aromatic rings. The lowest BCUT2D eigenvalue weighted by Crippen LogP contribution is -2.61. The Hall–Kier alpha value is -4.12. The minimum Gasteiger partial charge on any atom is -0.598 e. The fourth-order valence-corrected chi connectivity index (χ4v) is 8.29. The van der Waals surface area contributed by atoms with Crippen molar-refractivity contribution in [3.63, 3.8) is 0 Å². The molecule has 4 heterocycles. The molecule has 1 saturated carbocycles. The summed E-state index contributed by atoms with van der Waals surface area (Å²) in [4.78, 5) is 24.4. The first kappa shape index (κ1) is 31.5. The molecule has 1 aliphatic carbocycles. The summed E-state index contributed by atoms with van der Waals surface area (Å²) in [5, 5.41) is 9.69. The average molecular weight is 663 g/mol. The van der Waals surface area contributed by atoms with Gasteiger partial charge in [0.15, 0.2) is 0 Å². The van der Waals surface area contributed by atoms with Gasteiger partial charge < -0.3 is 18.8 Å². The van der Waals surface area contributed by atoms with Crippen LogP contribution in [0.25, 0.3) is 22.2 Å². The number of pyridine rings is 1. The van der Waals surface area contributed by atoms with Gasteiger partial charge in [0.05, 0.1) is 34.6 Å². The number of rotatable bonds is 6. The molecule has 2 aliphatic heterocycles. The van der Waals surface area contributed by atoms with Gasteiger partial charge in [-0.05, 0) is 76.4 Å². The van der Waals surface area contributed by atoms with Crippen molar-refractivity contribution in [2.45, 2.75) is 75.9 Å². The Bertz CT molecular complexity index is 1980. The average Bonchev–Trinajstić information content (AvgIpc) is 3.52. The van der Waals surface area contributed by atoms with Crippen LogP contribution in [-0.2, 0) is 16.9 Å². The number of halogens is 3. The van der Waals surface area contributed by atoms with Crippen LogP contribution in [0.4, 0.5) is 13.2 Å². The second-order valence-corrected chi connectivity index (χ2v) is 15.9. The molecular formula is C34H33F3N6O3S. The highest BCUT2D eigenvalue weighted by Gasteiger charge is 2.59. The van der Waals surface area contributed by atoms with Crippen molar-refractivity contribution in [2.75, 3.05) is 7.05 Å². The predicted molar refractivity (Wildman–Crippen MR) is 169 cm³/mol. The third kappa shape index (κ3) is 4.96. The third-order valence-electron chi connectivity index (χ3n) is 9.53. The van der Waals surface area contributed by atoms with Crippen LogP contribution in [-0.4, -0.2) is 48.3 Å². The van der Waals surface area contributed by atoms with E-state index in [9.17, 15) is 23.4 Å². The van der Waals surface area contributed by atoms with Crippen LogP contribution in [0, 0.1) is 22.6 Å². The number of hydrogen-bond acceptors (Lipinski definition) is 7. The molecule has 47 heavy (non-hydrogen) atoms. The first-order valence-corrected chi connectivity index (χ1v) is 16.4. The molecule has 2 bridgehead atoms. The molecule has 0 saturated heterocycles. The number of carbonyl (C=O) groups excluding carboxylic acids is 1. The zero-order valence-corrected chi connectivity index (χ0v) is 27.3. The normalized spacial score (nSPS) is 25.6. The van der Waals surface area contributed by atoms with E-state index in [4.69, 9.17) is 9.72 Å². The maximum atomic E-state index is 16.0. The predicted octanol–water partition coefficient (Wildman–Crippen LogP) is 6.53. The second-order valence-electron chi connectivity index (χ2n) is 14.0. The van der Waals surface area contributed by atoms with Crippen LogP contribution >= 0.6 is 0 Å². The van der Waals surface area contributed by atoms with E-state index in [0.717, 1.165) is 0 Å². The lowest BCUT2D eigenvalue weighted by Gasteiger charge is -2.50. The Kier molecular flexibility index (Phi) is 7.17. The van der Waals surface area contributed by atoms with Crippen molar-refractivity contribution < 1.29 is 27.3 Å². The van der Waals surface area contributed by atoms with Crippen LogP contribution in [0.2, 0.25) is 0 Å². The molecule has 9 nitrogen and oxygen atoms in total. The van der Waals surface area contributed by atoms with E-state index in [1.54, 1.807) is 43.3 Å². The molecule has 2 aromatic carbocycles. The second kappa shape index (κ2) is 10.7. The molecule has 0 spiro atoms. The van der Waals surface area contributed by atoms with E-state index in [0.29, 0.717) is 45.5 Å². The minimum atomic E-state index is -3.07. The van der Waals surface area contributed by atoms with Crippen molar-refractivity contribution in [3.05, 3.63) is 77.1 Å². The number of carbonyl (C=O) groups is 1. The lowest BCUT2D eigenvalue weighted by atomic mass is 9.58. The molecular weight excluding hydrogens is 629 g/mol. The van der Waals surface area contributed by atoms with Gasteiger partial charge in [-0.2, -0.15) is 14.0 Å². The molecule has 3 aliphatic rings. The van der Waals surface area contributed by atoms with Gasteiger partial charge in [0.1, 0.15) is 33.4 Å². The standard InChI is InChI=1S/C34H33F3N6O3S/c1-32(2,3)47(45)41-34(15-33(4,16-34)17-38)28-21(35)11-19(14-39-28)18-9-10-22-23(12-18)43-24-13-25(29(43)40-22)42(5)30(44)20-7-6-8-26(27(20)24)46-31(36)37/h6-12,14,24-25,31,41H,13,15-16H2,1-5H3/t24?,25-,33-,34+,47-/m0/s1. The summed E-state index contributed by atoms with van der Waals surface area (Å²) >= 11 is -1.53. The highest BCUT2D eigenvalue weighted by molar-refractivity contribution is 7.90. The van der Waals surface area contributed by atoms with E-state index < -0.39 is 51.6 Å². The van der Waals surface area contributed by atoms with Crippen molar-refractivity contribution in [2.24, 2.45) is 5.41 Å². The first-order valence-electron chi connectivity index (χ1n) is 15.3. The Morgan fingerprint density at radius 2 is 1.91 bits per heavy atom. The molecule has 3 atom stereocenters. The van der Waals surface area contributed by atoms with Crippen LogP contribution in [0.15, 0.2) is 48.7 Å². The molecule has 1 amide bonds. The van der Waals surface area contributed by atoms with Crippen LogP contribution in [0.5, 0.6) is 5.75 Å². The highest BCUT2D eigenvalue weighted by Crippen LogP contribution is 2.55. The fourth-order valence-electron chi connectivity index (χ4n) is 7.38. The number of ether oxygens (including phenoxy) is 1. The summed E-state index contributed by atoms with van der Waals surface area (Å²) in [5.74, 6) is -0.320. The molecule has 7 rings (SSSR count). The molecule has 2 aromatic heterocycles. The van der Waals surface area contributed by atoms with E-state index >= 15 is 4.39 Å². The number of nitrogens with zero attached hydrogens (tertiary/aromatic N) is 5. The molecule has 13 heteroatoms. The van der Waals surface area contributed by atoms with Gasteiger partial charge >= 0.3 is 6.61 Å². The number of imidazole rings is 1. The van der Waals surface area contributed by atoms with Gasteiger partial charge in [-0.25, -0.2) is 9.37 Å². The fraction of sp³-hybridized carbons (Fsp3) is 0.412. The van der Waals surface area contributed by atoms with Crippen LogP contribution in [0.1, 0.15) is 86.5 Å². The number of fused-ring (bicyclic) bond motifs is 9. The smallest absolute Gasteiger partial charge is 0.387 e. The number of hydrogen-bond donors (Lipinski definition) is 1. The maximum Gasteiger partial charge on any atom is 0.387 e. The highest BCUT2D eigenvalue weighted by atomic mass is 32.2. The van der Waals surface area contributed by atoms with Gasteiger partial charge in [0.2, 0.25) is 0 Å². The number of alkyl halides is 2. The molecule has 0 radical (unpaired) electrons. The molecule has 1 fully saturated rings. The number of nitrogens with one attached hydrogen (secondary N) is 1. The van der Waals surface area contributed by atoms with Gasteiger partial charge in [0.25, 0.3) is 5.91 Å². The van der Waals surface area contributed by atoms with E-state index in [-0.39, 0.29) is 30.2 Å².